The van der Waals surface area contributed by atoms with Gasteiger partial charge in [0.15, 0.2) is 11.5 Å². The van der Waals surface area contributed by atoms with Gasteiger partial charge in [0.25, 0.3) is 5.91 Å². The van der Waals surface area contributed by atoms with Crippen molar-refractivity contribution in [1.82, 2.24) is 19.9 Å². The Kier molecular flexibility index (Phi) is 6.33. The van der Waals surface area contributed by atoms with Crippen molar-refractivity contribution >= 4 is 28.7 Å². The molecule has 1 amide bonds. The van der Waals surface area contributed by atoms with E-state index < -0.39 is 5.60 Å². The van der Waals surface area contributed by atoms with Crippen LogP contribution in [0.25, 0.3) is 16.9 Å². The fraction of sp³-hybridized carbons (Fsp3) is 0.321. The van der Waals surface area contributed by atoms with Gasteiger partial charge in [0, 0.05) is 35.5 Å². The van der Waals surface area contributed by atoms with Crippen LogP contribution in [0, 0.1) is 19.7 Å². The Morgan fingerprint density at radius 2 is 1.95 bits per heavy atom. The quantitative estimate of drug-likeness (QED) is 0.271. The molecule has 4 aromatic rings. The minimum absolute atomic E-state index is 0.0576. The van der Waals surface area contributed by atoms with E-state index in [1.54, 1.807) is 30.6 Å². The number of carbonyl (C=O) groups is 1. The lowest BCUT2D eigenvalue weighted by Gasteiger charge is -2.19. The Morgan fingerprint density at radius 3 is 2.62 bits per heavy atom. The van der Waals surface area contributed by atoms with Gasteiger partial charge in [0.05, 0.1) is 23.2 Å². The van der Waals surface area contributed by atoms with Gasteiger partial charge >= 0.3 is 0 Å². The lowest BCUT2D eigenvalue weighted by Crippen LogP contribution is -2.29. The number of anilines is 3. The first-order valence-electron chi connectivity index (χ1n) is 12.4. The zero-order valence-corrected chi connectivity index (χ0v) is 21.4. The minimum atomic E-state index is -0.947. The molecule has 192 valence electrons. The summed E-state index contributed by atoms with van der Waals surface area (Å²) in [5.74, 6) is 0.0820. The molecule has 1 fully saturated rings. The van der Waals surface area contributed by atoms with E-state index in [1.165, 1.54) is 12.1 Å². The second-order valence-electron chi connectivity index (χ2n) is 10.4. The number of imidazole rings is 1. The maximum Gasteiger partial charge on any atom is 0.251 e. The molecule has 2 aromatic heterocycles. The lowest BCUT2D eigenvalue weighted by atomic mass is 10.0. The number of carbonyl (C=O) groups excluding carboxylic acids is 1. The molecule has 0 atom stereocenters. The molecule has 8 nitrogen and oxygen atoms in total. The van der Waals surface area contributed by atoms with Gasteiger partial charge in [-0.2, -0.15) is 0 Å². The predicted molar refractivity (Wildman–Crippen MR) is 143 cm³/mol. The molecule has 0 radical (unpaired) electrons. The third kappa shape index (κ3) is 5.72. The zero-order valence-electron chi connectivity index (χ0n) is 21.4. The van der Waals surface area contributed by atoms with Crippen LogP contribution in [0.4, 0.5) is 21.6 Å². The van der Waals surface area contributed by atoms with Crippen molar-refractivity contribution in [3.05, 3.63) is 71.2 Å². The van der Waals surface area contributed by atoms with Gasteiger partial charge in [-0.15, -0.1) is 5.10 Å². The maximum atomic E-state index is 14.0. The fourth-order valence-corrected chi connectivity index (χ4v) is 4.19. The van der Waals surface area contributed by atoms with Crippen molar-refractivity contribution < 1.29 is 14.3 Å². The molecule has 0 bridgehead atoms. The van der Waals surface area contributed by atoms with Crippen LogP contribution in [0.1, 0.15) is 48.2 Å². The smallest absolute Gasteiger partial charge is 0.251 e. The molecule has 9 heteroatoms. The van der Waals surface area contributed by atoms with E-state index in [0.717, 1.165) is 35.2 Å². The number of fused-ring (bicyclic) bond motifs is 1. The molecule has 5 rings (SSSR count). The first-order valence-corrected chi connectivity index (χ1v) is 12.4. The van der Waals surface area contributed by atoms with E-state index in [0.29, 0.717) is 28.4 Å². The summed E-state index contributed by atoms with van der Waals surface area (Å²) in [6, 6.07) is 12.4. The van der Waals surface area contributed by atoms with Crippen LogP contribution in [0.2, 0.25) is 0 Å². The summed E-state index contributed by atoms with van der Waals surface area (Å²) >= 11 is 0. The third-order valence-electron chi connectivity index (χ3n) is 6.17. The molecule has 2 heterocycles. The van der Waals surface area contributed by atoms with Crippen molar-refractivity contribution in [1.29, 1.82) is 0 Å². The number of hydrogen-bond acceptors (Lipinski definition) is 6. The number of nitrogens with one attached hydrogen (secondary N) is 3. The van der Waals surface area contributed by atoms with Crippen molar-refractivity contribution in [2.24, 2.45) is 0 Å². The summed E-state index contributed by atoms with van der Waals surface area (Å²) in [6.07, 6.45) is 3.80. The van der Waals surface area contributed by atoms with Gasteiger partial charge in [0.1, 0.15) is 5.82 Å². The lowest BCUT2D eigenvalue weighted by molar-refractivity contribution is 0.0940. The standard InChI is InChI=1S/C28H31FN6O2/c1-16-9-19(29)12-21(10-16)32-25-13-23(31-15-28(3,4)37)26-30-14-24(35(26)34-25)18-5-8-22(17(2)11-18)27(36)33-20-6-7-20/h5,8-14,20,31,37H,6-7,15H2,1-4H3,(H,32,34)(H,33,36). The van der Waals surface area contributed by atoms with E-state index in [9.17, 15) is 14.3 Å². The van der Waals surface area contributed by atoms with Crippen molar-refractivity contribution in [2.45, 2.75) is 52.2 Å². The molecule has 1 saturated carbocycles. The number of aliphatic hydroxyl groups is 1. The van der Waals surface area contributed by atoms with E-state index >= 15 is 0 Å². The predicted octanol–water partition coefficient (Wildman–Crippen LogP) is 4.97. The molecule has 1 aliphatic carbocycles. The Bertz CT molecular complexity index is 1470. The molecule has 4 N–H and O–H groups in total. The molecule has 0 saturated heterocycles. The first-order chi connectivity index (χ1) is 17.6. The molecular formula is C28H31FN6O2. The molecule has 0 spiro atoms. The van der Waals surface area contributed by atoms with E-state index in [4.69, 9.17) is 5.10 Å². The molecule has 0 aliphatic heterocycles. The second kappa shape index (κ2) is 9.48. The number of aromatic nitrogens is 3. The molecule has 37 heavy (non-hydrogen) atoms. The average molecular weight is 503 g/mol. The van der Waals surface area contributed by atoms with Crippen LogP contribution in [-0.4, -0.2) is 43.8 Å². The minimum Gasteiger partial charge on any atom is -0.389 e. The highest BCUT2D eigenvalue weighted by atomic mass is 19.1. The highest BCUT2D eigenvalue weighted by Crippen LogP contribution is 2.29. The first kappa shape index (κ1) is 24.7. The fourth-order valence-electron chi connectivity index (χ4n) is 4.19. The van der Waals surface area contributed by atoms with Gasteiger partial charge in [-0.3, -0.25) is 4.79 Å². The SMILES string of the molecule is Cc1cc(F)cc(Nc2cc(NCC(C)(C)O)c3ncc(-c4ccc(C(=O)NC5CC5)c(C)c4)n3n2)c1. The third-order valence-corrected chi connectivity index (χ3v) is 6.17. The van der Waals surface area contributed by atoms with Gasteiger partial charge < -0.3 is 21.1 Å². The van der Waals surface area contributed by atoms with Crippen molar-refractivity contribution in [3.63, 3.8) is 0 Å². The van der Waals surface area contributed by atoms with Crippen LogP contribution in [-0.2, 0) is 0 Å². The normalized spacial score (nSPS) is 13.6. The Balaban J connectivity index is 1.54. The van der Waals surface area contributed by atoms with Gasteiger partial charge in [-0.25, -0.2) is 13.9 Å². The monoisotopic (exact) mass is 502 g/mol. The second-order valence-corrected chi connectivity index (χ2v) is 10.4. The Morgan fingerprint density at radius 1 is 1.16 bits per heavy atom. The molecule has 0 unspecified atom stereocenters. The number of nitrogens with zero attached hydrogens (tertiary/aromatic N) is 3. The summed E-state index contributed by atoms with van der Waals surface area (Å²) in [6.45, 7) is 7.46. The summed E-state index contributed by atoms with van der Waals surface area (Å²) in [5, 5.41) is 24.5. The summed E-state index contributed by atoms with van der Waals surface area (Å²) in [4.78, 5) is 17.2. The summed E-state index contributed by atoms with van der Waals surface area (Å²) < 4.78 is 15.7. The van der Waals surface area contributed by atoms with E-state index in [1.807, 2.05) is 38.1 Å². The molecule has 1 aliphatic rings. The topological polar surface area (TPSA) is 104 Å². The van der Waals surface area contributed by atoms with Gasteiger partial charge in [-0.1, -0.05) is 6.07 Å². The maximum absolute atomic E-state index is 14.0. The number of aryl methyl sites for hydroxylation is 2. The number of halogens is 1. The Hall–Kier alpha value is -3.98. The summed E-state index contributed by atoms with van der Waals surface area (Å²) in [5.41, 5.74) is 4.74. The highest BCUT2D eigenvalue weighted by Gasteiger charge is 2.24. The van der Waals surface area contributed by atoms with Gasteiger partial charge in [0.2, 0.25) is 0 Å². The van der Waals surface area contributed by atoms with E-state index in [2.05, 4.69) is 20.9 Å². The van der Waals surface area contributed by atoms with Crippen LogP contribution in [0.5, 0.6) is 0 Å². The van der Waals surface area contributed by atoms with Crippen LogP contribution in [0.3, 0.4) is 0 Å². The van der Waals surface area contributed by atoms with Crippen LogP contribution >= 0.6 is 0 Å². The van der Waals surface area contributed by atoms with Crippen LogP contribution < -0.4 is 16.0 Å². The number of rotatable bonds is 8. The largest absolute Gasteiger partial charge is 0.389 e. The number of amides is 1. The Labute approximate surface area is 214 Å². The zero-order chi connectivity index (χ0) is 26.3. The number of hydrogen-bond donors (Lipinski definition) is 4. The molecular weight excluding hydrogens is 471 g/mol. The number of benzene rings is 2. The van der Waals surface area contributed by atoms with Gasteiger partial charge in [-0.05, 0) is 82.0 Å². The molecule has 2 aromatic carbocycles. The van der Waals surface area contributed by atoms with Crippen LogP contribution in [0.15, 0.2) is 48.7 Å². The summed E-state index contributed by atoms with van der Waals surface area (Å²) in [7, 11) is 0. The van der Waals surface area contributed by atoms with Crippen molar-refractivity contribution in [2.75, 3.05) is 17.2 Å². The highest BCUT2D eigenvalue weighted by molar-refractivity contribution is 5.96. The average Bonchev–Trinajstić information content (AvgIpc) is 3.51. The van der Waals surface area contributed by atoms with Crippen molar-refractivity contribution in [3.8, 4) is 11.3 Å². The van der Waals surface area contributed by atoms with E-state index in [-0.39, 0.29) is 24.3 Å².